The summed E-state index contributed by atoms with van der Waals surface area (Å²) in [5.41, 5.74) is 1.76. The lowest BCUT2D eigenvalue weighted by atomic mass is 10.0. The van der Waals surface area contributed by atoms with Crippen molar-refractivity contribution in [3.8, 4) is 0 Å². The van der Waals surface area contributed by atoms with Gasteiger partial charge in [-0.25, -0.2) is 4.98 Å². The molecule has 144 valence electrons. The number of hydrogen-bond acceptors (Lipinski definition) is 5. The summed E-state index contributed by atoms with van der Waals surface area (Å²) in [6, 6.07) is 8.00. The molecule has 7 heteroatoms. The van der Waals surface area contributed by atoms with Gasteiger partial charge in [0, 0.05) is 55.4 Å². The third-order valence-corrected chi connectivity index (χ3v) is 6.52. The standard InChI is InChI=1S/C20H25ClN4OS/c1-15-4-3-7-25(13-15)19(26)18-14-27-20(22-18)24-10-8-23(9-11-24)17-6-2-5-16(21)12-17/h2,5-6,12,14-15H,3-4,7-11,13H2,1H3/t15-/m1/s1. The molecule has 0 radical (unpaired) electrons. The third kappa shape index (κ3) is 4.22. The number of rotatable bonds is 3. The van der Waals surface area contributed by atoms with Gasteiger partial charge < -0.3 is 14.7 Å². The summed E-state index contributed by atoms with van der Waals surface area (Å²) < 4.78 is 0. The predicted molar refractivity (Wildman–Crippen MR) is 112 cm³/mol. The number of thiazole rings is 1. The van der Waals surface area contributed by atoms with Gasteiger partial charge in [0.1, 0.15) is 5.69 Å². The third-order valence-electron chi connectivity index (χ3n) is 5.38. The number of aromatic nitrogens is 1. The second kappa shape index (κ2) is 8.07. The number of likely N-dealkylation sites (tertiary alicyclic amines) is 1. The fourth-order valence-electron chi connectivity index (χ4n) is 3.87. The molecule has 5 nitrogen and oxygen atoms in total. The molecule has 2 aromatic rings. The van der Waals surface area contributed by atoms with Crippen molar-refractivity contribution in [2.24, 2.45) is 5.92 Å². The van der Waals surface area contributed by atoms with Crippen molar-refractivity contribution in [3.05, 3.63) is 40.4 Å². The van der Waals surface area contributed by atoms with E-state index in [2.05, 4.69) is 27.8 Å². The van der Waals surface area contributed by atoms with Crippen LogP contribution in [0.4, 0.5) is 10.8 Å². The van der Waals surface area contributed by atoms with Gasteiger partial charge in [-0.1, -0.05) is 24.6 Å². The Balaban J connectivity index is 1.37. The van der Waals surface area contributed by atoms with Crippen LogP contribution in [-0.4, -0.2) is 55.1 Å². The summed E-state index contributed by atoms with van der Waals surface area (Å²) in [6.45, 7) is 7.56. The van der Waals surface area contributed by atoms with E-state index < -0.39 is 0 Å². The molecule has 0 unspecified atom stereocenters. The molecule has 0 N–H and O–H groups in total. The molecule has 3 heterocycles. The van der Waals surface area contributed by atoms with Crippen LogP contribution >= 0.6 is 22.9 Å². The molecule has 1 aromatic carbocycles. The Morgan fingerprint density at radius 2 is 1.96 bits per heavy atom. The predicted octanol–water partition coefficient (Wildman–Crippen LogP) is 4.00. The Kier molecular flexibility index (Phi) is 5.55. The van der Waals surface area contributed by atoms with Crippen molar-refractivity contribution >= 4 is 39.7 Å². The lowest BCUT2D eigenvalue weighted by Crippen LogP contribution is -2.46. The van der Waals surface area contributed by atoms with Crippen molar-refractivity contribution in [1.82, 2.24) is 9.88 Å². The first-order valence-corrected chi connectivity index (χ1v) is 10.9. The summed E-state index contributed by atoms with van der Waals surface area (Å²) >= 11 is 7.69. The molecular weight excluding hydrogens is 380 g/mol. The summed E-state index contributed by atoms with van der Waals surface area (Å²) in [7, 11) is 0. The summed E-state index contributed by atoms with van der Waals surface area (Å²) in [4.78, 5) is 24.0. The topological polar surface area (TPSA) is 39.7 Å². The number of anilines is 2. The quantitative estimate of drug-likeness (QED) is 0.775. The van der Waals surface area contributed by atoms with Gasteiger partial charge in [0.15, 0.2) is 5.13 Å². The minimum atomic E-state index is 0.0848. The normalized spacial score (nSPS) is 20.8. The van der Waals surface area contributed by atoms with E-state index in [0.717, 1.165) is 61.5 Å². The molecule has 27 heavy (non-hydrogen) atoms. The molecule has 2 saturated heterocycles. The number of halogens is 1. The van der Waals surface area contributed by atoms with Crippen LogP contribution < -0.4 is 9.80 Å². The minimum Gasteiger partial charge on any atom is -0.368 e. The number of piperazine rings is 1. The van der Waals surface area contributed by atoms with Crippen molar-refractivity contribution in [3.63, 3.8) is 0 Å². The zero-order chi connectivity index (χ0) is 18.8. The van der Waals surface area contributed by atoms with Gasteiger partial charge in [-0.3, -0.25) is 4.79 Å². The average molecular weight is 405 g/mol. The number of carbonyl (C=O) groups excluding carboxylic acids is 1. The van der Waals surface area contributed by atoms with Gasteiger partial charge in [0.25, 0.3) is 5.91 Å². The highest BCUT2D eigenvalue weighted by Crippen LogP contribution is 2.26. The van der Waals surface area contributed by atoms with Crippen molar-refractivity contribution < 1.29 is 4.79 Å². The number of benzene rings is 1. The molecule has 4 rings (SSSR count). The van der Waals surface area contributed by atoms with Crippen LogP contribution in [0.5, 0.6) is 0 Å². The molecule has 0 saturated carbocycles. The van der Waals surface area contributed by atoms with E-state index in [9.17, 15) is 4.79 Å². The van der Waals surface area contributed by atoms with Crippen molar-refractivity contribution in [1.29, 1.82) is 0 Å². The first kappa shape index (κ1) is 18.6. The van der Waals surface area contributed by atoms with Crippen molar-refractivity contribution in [2.75, 3.05) is 49.1 Å². The van der Waals surface area contributed by atoms with Crippen LogP contribution in [0.1, 0.15) is 30.3 Å². The number of amides is 1. The van der Waals surface area contributed by atoms with Crippen LogP contribution in [0.3, 0.4) is 0 Å². The Labute approximate surface area is 169 Å². The lowest BCUT2D eigenvalue weighted by Gasteiger charge is -2.36. The van der Waals surface area contributed by atoms with E-state index >= 15 is 0 Å². The Bertz CT molecular complexity index is 803. The van der Waals surface area contributed by atoms with E-state index in [0.29, 0.717) is 11.6 Å². The lowest BCUT2D eigenvalue weighted by molar-refractivity contribution is 0.0678. The zero-order valence-corrected chi connectivity index (χ0v) is 17.2. The van der Waals surface area contributed by atoms with E-state index in [1.165, 1.54) is 6.42 Å². The van der Waals surface area contributed by atoms with Gasteiger partial charge in [-0.15, -0.1) is 11.3 Å². The molecular formula is C20H25ClN4OS. The molecule has 0 aliphatic carbocycles. The number of hydrogen-bond donors (Lipinski definition) is 0. The first-order valence-electron chi connectivity index (χ1n) is 9.60. The fraction of sp³-hybridized carbons (Fsp3) is 0.500. The number of nitrogens with zero attached hydrogens (tertiary/aromatic N) is 4. The van der Waals surface area contributed by atoms with Crippen LogP contribution in [-0.2, 0) is 0 Å². The molecule has 2 fully saturated rings. The van der Waals surface area contributed by atoms with Crippen LogP contribution in [0.15, 0.2) is 29.6 Å². The summed E-state index contributed by atoms with van der Waals surface area (Å²) in [5, 5.41) is 3.64. The highest BCUT2D eigenvalue weighted by molar-refractivity contribution is 7.13. The van der Waals surface area contributed by atoms with Gasteiger partial charge in [0.05, 0.1) is 0 Å². The molecule has 0 spiro atoms. The second-order valence-corrected chi connectivity index (χ2v) is 8.74. The number of piperidine rings is 1. The average Bonchev–Trinajstić information content (AvgIpc) is 3.18. The van der Waals surface area contributed by atoms with Gasteiger partial charge >= 0.3 is 0 Å². The van der Waals surface area contributed by atoms with E-state index in [1.807, 2.05) is 28.5 Å². The first-order chi connectivity index (χ1) is 13.1. The van der Waals surface area contributed by atoms with E-state index in [1.54, 1.807) is 11.3 Å². The molecule has 1 atom stereocenters. The van der Waals surface area contributed by atoms with Gasteiger partial charge in [-0.2, -0.15) is 0 Å². The highest BCUT2D eigenvalue weighted by Gasteiger charge is 2.25. The fourth-order valence-corrected chi connectivity index (χ4v) is 4.91. The van der Waals surface area contributed by atoms with Crippen LogP contribution in [0, 0.1) is 5.92 Å². The van der Waals surface area contributed by atoms with Gasteiger partial charge in [0.2, 0.25) is 0 Å². The Hall–Kier alpha value is -1.79. The maximum atomic E-state index is 12.7. The van der Waals surface area contributed by atoms with Crippen LogP contribution in [0.25, 0.3) is 0 Å². The largest absolute Gasteiger partial charge is 0.368 e. The number of carbonyl (C=O) groups is 1. The van der Waals surface area contributed by atoms with E-state index in [4.69, 9.17) is 11.6 Å². The van der Waals surface area contributed by atoms with Crippen molar-refractivity contribution in [2.45, 2.75) is 19.8 Å². The molecule has 0 bridgehead atoms. The Morgan fingerprint density at radius 1 is 1.19 bits per heavy atom. The molecule has 1 aromatic heterocycles. The smallest absolute Gasteiger partial charge is 0.273 e. The second-order valence-electron chi connectivity index (χ2n) is 7.47. The molecule has 2 aliphatic rings. The van der Waals surface area contributed by atoms with Crippen LogP contribution in [0.2, 0.25) is 5.02 Å². The maximum Gasteiger partial charge on any atom is 0.273 e. The maximum absolute atomic E-state index is 12.7. The SMILES string of the molecule is C[C@@H]1CCCN(C(=O)c2csc(N3CCN(c4cccc(Cl)c4)CC3)n2)C1. The highest BCUT2D eigenvalue weighted by atomic mass is 35.5. The Morgan fingerprint density at radius 3 is 2.70 bits per heavy atom. The summed E-state index contributed by atoms with van der Waals surface area (Å²) in [6.07, 6.45) is 2.30. The monoisotopic (exact) mass is 404 g/mol. The van der Waals surface area contributed by atoms with E-state index in [-0.39, 0.29) is 5.91 Å². The molecule has 1 amide bonds. The minimum absolute atomic E-state index is 0.0848. The molecule has 2 aliphatic heterocycles. The van der Waals surface area contributed by atoms with Gasteiger partial charge in [-0.05, 0) is 37.0 Å². The zero-order valence-electron chi connectivity index (χ0n) is 15.6. The summed E-state index contributed by atoms with van der Waals surface area (Å²) in [5.74, 6) is 0.669.